The van der Waals surface area contributed by atoms with E-state index in [1.165, 1.54) is 4.68 Å². The van der Waals surface area contributed by atoms with Gasteiger partial charge in [-0.15, -0.1) is 0 Å². The average molecular weight is 268 g/mol. The Kier molecular flexibility index (Phi) is 4.91. The molecule has 0 fully saturated rings. The molecule has 0 saturated carbocycles. The largest absolute Gasteiger partial charge is 0.451 e. The molecule has 0 unspecified atom stereocenters. The number of nitrogens with one attached hydrogen (secondary N) is 1. The topological polar surface area (TPSA) is 99.2 Å². The van der Waals surface area contributed by atoms with Gasteiger partial charge in [0, 0.05) is 13.6 Å². The molecule has 0 radical (unpaired) electrons. The van der Waals surface area contributed by atoms with Crippen molar-refractivity contribution in [3.8, 4) is 0 Å². The Morgan fingerprint density at radius 3 is 2.58 bits per heavy atom. The highest BCUT2D eigenvalue weighted by atomic mass is 16.5. The molecule has 1 aromatic rings. The molecule has 0 saturated heterocycles. The number of hydrogen-bond acceptors (Lipinski definition) is 5. The van der Waals surface area contributed by atoms with Crippen LogP contribution in [0.3, 0.4) is 0 Å². The maximum atomic E-state index is 11.8. The Hall–Kier alpha value is -2.05. The van der Waals surface area contributed by atoms with Crippen molar-refractivity contribution < 1.29 is 14.3 Å². The lowest BCUT2D eigenvalue weighted by molar-refractivity contribution is -0.124. The number of hydrogen-bond donors (Lipinski definition) is 2. The molecule has 7 nitrogen and oxygen atoms in total. The molecule has 0 spiro atoms. The number of amides is 1. The standard InChI is InChI=1S/C12H20N4O3/c1-7(2)5-14-9(17)6-19-12(18)11-10(13)8(3)15-16(11)4/h7H,5-6,13H2,1-4H3,(H,14,17). The summed E-state index contributed by atoms with van der Waals surface area (Å²) in [5, 5.41) is 6.66. The maximum absolute atomic E-state index is 11.8. The van der Waals surface area contributed by atoms with E-state index >= 15 is 0 Å². The molecule has 106 valence electrons. The minimum Gasteiger partial charge on any atom is -0.451 e. The van der Waals surface area contributed by atoms with Gasteiger partial charge in [-0.25, -0.2) is 4.79 Å². The average Bonchev–Trinajstić information content (AvgIpc) is 2.58. The first kappa shape index (κ1) is 15.0. The summed E-state index contributed by atoms with van der Waals surface area (Å²) in [5.41, 5.74) is 6.71. The van der Waals surface area contributed by atoms with Gasteiger partial charge in [0.15, 0.2) is 12.3 Å². The zero-order chi connectivity index (χ0) is 14.6. The van der Waals surface area contributed by atoms with Gasteiger partial charge in [0.2, 0.25) is 0 Å². The Morgan fingerprint density at radius 2 is 2.11 bits per heavy atom. The van der Waals surface area contributed by atoms with E-state index in [1.54, 1.807) is 14.0 Å². The van der Waals surface area contributed by atoms with Gasteiger partial charge in [-0.2, -0.15) is 5.10 Å². The second-order valence-corrected chi connectivity index (χ2v) is 4.75. The lowest BCUT2D eigenvalue weighted by atomic mass is 10.2. The smallest absolute Gasteiger partial charge is 0.359 e. The van der Waals surface area contributed by atoms with Crippen molar-refractivity contribution in [2.45, 2.75) is 20.8 Å². The summed E-state index contributed by atoms with van der Waals surface area (Å²) in [6, 6.07) is 0. The Morgan fingerprint density at radius 1 is 1.47 bits per heavy atom. The number of aromatic nitrogens is 2. The molecule has 0 aliphatic rings. The van der Waals surface area contributed by atoms with Crippen molar-refractivity contribution in [1.29, 1.82) is 0 Å². The summed E-state index contributed by atoms with van der Waals surface area (Å²) in [5.74, 6) is -0.644. The third-order valence-corrected chi connectivity index (χ3v) is 2.50. The van der Waals surface area contributed by atoms with Gasteiger partial charge in [-0.1, -0.05) is 13.8 Å². The summed E-state index contributed by atoms with van der Waals surface area (Å²) in [6.07, 6.45) is 0. The fourth-order valence-electron chi connectivity index (χ4n) is 1.49. The zero-order valence-electron chi connectivity index (χ0n) is 11.7. The van der Waals surface area contributed by atoms with Crippen LogP contribution in [0, 0.1) is 12.8 Å². The predicted molar refractivity (Wildman–Crippen MR) is 70.5 cm³/mol. The number of anilines is 1. The monoisotopic (exact) mass is 268 g/mol. The van der Waals surface area contributed by atoms with Crippen molar-refractivity contribution >= 4 is 17.6 Å². The van der Waals surface area contributed by atoms with E-state index in [0.29, 0.717) is 18.2 Å². The van der Waals surface area contributed by atoms with Crippen molar-refractivity contribution in [1.82, 2.24) is 15.1 Å². The minimum atomic E-state index is -0.653. The van der Waals surface area contributed by atoms with E-state index in [-0.39, 0.29) is 23.9 Å². The SMILES string of the molecule is Cc1nn(C)c(C(=O)OCC(=O)NCC(C)C)c1N. The zero-order valence-corrected chi connectivity index (χ0v) is 11.7. The number of carbonyl (C=O) groups excluding carboxylic acids is 2. The van der Waals surface area contributed by atoms with Crippen molar-refractivity contribution in [3.63, 3.8) is 0 Å². The van der Waals surface area contributed by atoms with Gasteiger partial charge in [0.1, 0.15) is 0 Å². The fraction of sp³-hybridized carbons (Fsp3) is 0.583. The second-order valence-electron chi connectivity index (χ2n) is 4.75. The highest BCUT2D eigenvalue weighted by Crippen LogP contribution is 2.15. The molecule has 1 rings (SSSR count). The number of aryl methyl sites for hydroxylation is 2. The van der Waals surface area contributed by atoms with E-state index in [1.807, 2.05) is 13.8 Å². The molecule has 19 heavy (non-hydrogen) atoms. The third kappa shape index (κ3) is 3.97. The fourth-order valence-corrected chi connectivity index (χ4v) is 1.49. The van der Waals surface area contributed by atoms with Gasteiger partial charge in [-0.05, 0) is 12.8 Å². The predicted octanol–water partition coefficient (Wildman–Crippen LogP) is 0.240. The first-order chi connectivity index (χ1) is 8.82. The minimum absolute atomic E-state index is 0.161. The molecule has 0 aliphatic heterocycles. The van der Waals surface area contributed by atoms with Crippen LogP contribution in [0.25, 0.3) is 0 Å². The highest BCUT2D eigenvalue weighted by Gasteiger charge is 2.20. The van der Waals surface area contributed by atoms with Crippen LogP contribution in [0.1, 0.15) is 30.0 Å². The summed E-state index contributed by atoms with van der Waals surface area (Å²) in [6.45, 7) is 5.87. The van der Waals surface area contributed by atoms with Crippen molar-refractivity contribution in [2.24, 2.45) is 13.0 Å². The number of nitrogens with zero attached hydrogens (tertiary/aromatic N) is 2. The number of nitrogen functional groups attached to an aromatic ring is 1. The Balaban J connectivity index is 2.54. The van der Waals surface area contributed by atoms with Crippen LogP contribution in [-0.4, -0.2) is 34.8 Å². The van der Waals surface area contributed by atoms with Crippen LogP contribution in [0.4, 0.5) is 5.69 Å². The lowest BCUT2D eigenvalue weighted by Crippen LogP contribution is -2.31. The number of ether oxygens (including phenoxy) is 1. The molecule has 3 N–H and O–H groups in total. The first-order valence-electron chi connectivity index (χ1n) is 6.05. The van der Waals surface area contributed by atoms with Crippen LogP contribution >= 0.6 is 0 Å². The number of rotatable bonds is 5. The molecular weight excluding hydrogens is 248 g/mol. The third-order valence-electron chi connectivity index (χ3n) is 2.50. The summed E-state index contributed by atoms with van der Waals surface area (Å²) >= 11 is 0. The van der Waals surface area contributed by atoms with Crippen LogP contribution in [0.15, 0.2) is 0 Å². The lowest BCUT2D eigenvalue weighted by Gasteiger charge is -2.08. The number of esters is 1. The van der Waals surface area contributed by atoms with Gasteiger partial charge in [-0.3, -0.25) is 9.48 Å². The maximum Gasteiger partial charge on any atom is 0.359 e. The molecule has 1 aromatic heterocycles. The highest BCUT2D eigenvalue weighted by molar-refractivity contribution is 5.95. The molecule has 0 atom stereocenters. The van der Waals surface area contributed by atoms with Crippen LogP contribution in [-0.2, 0) is 16.6 Å². The normalized spacial score (nSPS) is 10.6. The van der Waals surface area contributed by atoms with Crippen LogP contribution in [0.5, 0.6) is 0 Å². The van der Waals surface area contributed by atoms with E-state index in [2.05, 4.69) is 10.4 Å². The molecule has 7 heteroatoms. The summed E-state index contributed by atoms with van der Waals surface area (Å²) < 4.78 is 6.25. The summed E-state index contributed by atoms with van der Waals surface area (Å²) in [7, 11) is 1.60. The molecule has 0 aromatic carbocycles. The first-order valence-corrected chi connectivity index (χ1v) is 6.05. The molecule has 1 amide bonds. The Labute approximate surface area is 112 Å². The second kappa shape index (κ2) is 6.21. The van der Waals surface area contributed by atoms with Gasteiger partial charge in [0.25, 0.3) is 5.91 Å². The number of nitrogens with two attached hydrogens (primary N) is 1. The quantitative estimate of drug-likeness (QED) is 0.745. The van der Waals surface area contributed by atoms with Gasteiger partial charge in [0.05, 0.1) is 11.4 Å². The van der Waals surface area contributed by atoms with E-state index in [0.717, 1.165) is 0 Å². The van der Waals surface area contributed by atoms with Crippen molar-refractivity contribution in [3.05, 3.63) is 11.4 Å². The van der Waals surface area contributed by atoms with Gasteiger partial charge >= 0.3 is 5.97 Å². The molecule has 0 aliphatic carbocycles. The van der Waals surface area contributed by atoms with E-state index in [9.17, 15) is 9.59 Å². The van der Waals surface area contributed by atoms with Crippen molar-refractivity contribution in [2.75, 3.05) is 18.9 Å². The molecule has 0 bridgehead atoms. The van der Waals surface area contributed by atoms with E-state index in [4.69, 9.17) is 10.5 Å². The Bertz CT molecular complexity index is 480. The van der Waals surface area contributed by atoms with Crippen LogP contribution in [0.2, 0.25) is 0 Å². The summed E-state index contributed by atoms with van der Waals surface area (Å²) in [4.78, 5) is 23.2. The van der Waals surface area contributed by atoms with E-state index < -0.39 is 5.97 Å². The van der Waals surface area contributed by atoms with Crippen LogP contribution < -0.4 is 11.1 Å². The van der Waals surface area contributed by atoms with Gasteiger partial charge < -0.3 is 15.8 Å². The molecular formula is C12H20N4O3. The number of carbonyl (C=O) groups is 2. The molecule has 1 heterocycles.